The normalized spacial score (nSPS) is 11.6. The Balaban J connectivity index is 2.68. The van der Waals surface area contributed by atoms with Gasteiger partial charge >= 0.3 is 6.18 Å². The van der Waals surface area contributed by atoms with Gasteiger partial charge in [-0.2, -0.15) is 13.2 Å². The Morgan fingerprint density at radius 3 is 2.69 bits per heavy atom. The molecule has 0 radical (unpaired) electrons. The predicted molar refractivity (Wildman–Crippen MR) is 53.6 cm³/mol. The average molecular weight is 255 g/mol. The maximum absolute atomic E-state index is 11.9. The second kappa shape index (κ2) is 5.36. The minimum Gasteiger partial charge on any atom is -0.467 e. The number of pyridine rings is 1. The molecule has 0 fully saturated rings. The van der Waals surface area contributed by atoms with E-state index in [1.807, 2.05) is 0 Å². The molecule has 0 aliphatic rings. The summed E-state index contributed by atoms with van der Waals surface area (Å²) in [4.78, 5) is 3.71. The number of alkyl halides is 3. The number of nitrogens with zero attached hydrogens (tertiary/aromatic N) is 1. The maximum Gasteiger partial charge on any atom is 0.422 e. The van der Waals surface area contributed by atoms with Crippen LogP contribution >= 0.6 is 11.6 Å². The zero-order valence-corrected chi connectivity index (χ0v) is 9.19. The summed E-state index contributed by atoms with van der Waals surface area (Å²) in [6.07, 6.45) is -2.98. The van der Waals surface area contributed by atoms with E-state index in [9.17, 15) is 13.2 Å². The van der Waals surface area contributed by atoms with E-state index in [0.717, 1.165) is 5.56 Å². The summed E-state index contributed by atoms with van der Waals surface area (Å²) in [5.74, 6) is -0.209. The van der Waals surface area contributed by atoms with Crippen molar-refractivity contribution >= 4 is 11.6 Å². The van der Waals surface area contributed by atoms with Gasteiger partial charge in [0, 0.05) is 12.7 Å². The molecule has 1 N–H and O–H groups in total. The van der Waals surface area contributed by atoms with Gasteiger partial charge in [-0.1, -0.05) is 11.6 Å². The fourth-order valence-electron chi connectivity index (χ4n) is 1.02. The molecular formula is C9H10ClF3N2O. The molecule has 16 heavy (non-hydrogen) atoms. The average Bonchev–Trinajstić information content (AvgIpc) is 2.15. The molecule has 1 rings (SSSR count). The zero-order valence-electron chi connectivity index (χ0n) is 8.44. The van der Waals surface area contributed by atoms with Gasteiger partial charge in [-0.15, -0.1) is 0 Å². The van der Waals surface area contributed by atoms with Gasteiger partial charge in [0.15, 0.2) is 6.61 Å². The fourth-order valence-corrected chi connectivity index (χ4v) is 1.27. The Morgan fingerprint density at radius 1 is 1.50 bits per heavy atom. The number of hydrogen-bond acceptors (Lipinski definition) is 3. The third-order valence-electron chi connectivity index (χ3n) is 1.62. The summed E-state index contributed by atoms with van der Waals surface area (Å²) in [7, 11) is 1.74. The van der Waals surface area contributed by atoms with Gasteiger partial charge in [-0.25, -0.2) is 4.98 Å². The van der Waals surface area contributed by atoms with Crippen LogP contribution in [0.2, 0.25) is 5.02 Å². The summed E-state index contributed by atoms with van der Waals surface area (Å²) in [5.41, 5.74) is 0.770. The first-order valence-electron chi connectivity index (χ1n) is 4.41. The molecule has 3 nitrogen and oxygen atoms in total. The molecule has 0 aliphatic carbocycles. The zero-order chi connectivity index (χ0) is 12.2. The lowest BCUT2D eigenvalue weighted by molar-refractivity contribution is -0.154. The highest BCUT2D eigenvalue weighted by Gasteiger charge is 2.29. The molecule has 0 aromatic carbocycles. The van der Waals surface area contributed by atoms with Crippen molar-refractivity contribution in [1.82, 2.24) is 10.3 Å². The second-order valence-electron chi connectivity index (χ2n) is 3.06. The Morgan fingerprint density at radius 2 is 2.19 bits per heavy atom. The summed E-state index contributed by atoms with van der Waals surface area (Å²) < 4.78 is 40.0. The van der Waals surface area contributed by atoms with Crippen LogP contribution in [-0.4, -0.2) is 24.8 Å². The van der Waals surface area contributed by atoms with Gasteiger partial charge in [0.1, 0.15) is 5.02 Å². The van der Waals surface area contributed by atoms with Crippen molar-refractivity contribution in [3.8, 4) is 5.88 Å². The van der Waals surface area contributed by atoms with Crippen molar-refractivity contribution in [3.05, 3.63) is 22.8 Å². The number of nitrogens with one attached hydrogen (secondary N) is 1. The molecule has 7 heteroatoms. The minimum atomic E-state index is -4.39. The van der Waals surface area contributed by atoms with Crippen LogP contribution in [0.15, 0.2) is 12.3 Å². The van der Waals surface area contributed by atoms with Gasteiger partial charge in [-0.05, 0) is 18.7 Å². The smallest absolute Gasteiger partial charge is 0.422 e. The first-order valence-corrected chi connectivity index (χ1v) is 4.79. The van der Waals surface area contributed by atoms with Gasteiger partial charge < -0.3 is 10.1 Å². The van der Waals surface area contributed by atoms with Crippen molar-refractivity contribution in [1.29, 1.82) is 0 Å². The van der Waals surface area contributed by atoms with Crippen molar-refractivity contribution < 1.29 is 17.9 Å². The third kappa shape index (κ3) is 4.24. The minimum absolute atomic E-state index is 0.0667. The SMILES string of the molecule is CNCc1cnc(OCC(F)(F)F)c(Cl)c1. The molecule has 0 amide bonds. The van der Waals surface area contributed by atoms with E-state index in [4.69, 9.17) is 11.6 Å². The van der Waals surface area contributed by atoms with E-state index in [2.05, 4.69) is 15.0 Å². The number of rotatable bonds is 4. The van der Waals surface area contributed by atoms with Gasteiger partial charge in [0.25, 0.3) is 0 Å². The first kappa shape index (κ1) is 13.1. The third-order valence-corrected chi connectivity index (χ3v) is 1.89. The Kier molecular flexibility index (Phi) is 4.37. The molecular weight excluding hydrogens is 245 g/mol. The summed E-state index contributed by atoms with van der Waals surface area (Å²) in [6.45, 7) is -0.864. The number of ether oxygens (including phenoxy) is 1. The topological polar surface area (TPSA) is 34.2 Å². The molecule has 0 bridgehead atoms. The van der Waals surface area contributed by atoms with Crippen LogP contribution in [0.4, 0.5) is 13.2 Å². The standard InChI is InChI=1S/C9H10ClF3N2O/c1-14-3-6-2-7(10)8(15-4-6)16-5-9(11,12)13/h2,4,14H,3,5H2,1H3. The lowest BCUT2D eigenvalue weighted by Gasteiger charge is -2.10. The molecule has 0 saturated carbocycles. The van der Waals surface area contributed by atoms with Crippen LogP contribution < -0.4 is 10.1 Å². The van der Waals surface area contributed by atoms with Crippen molar-refractivity contribution in [2.24, 2.45) is 0 Å². The summed E-state index contributed by atoms with van der Waals surface area (Å²) in [6, 6.07) is 1.51. The summed E-state index contributed by atoms with van der Waals surface area (Å²) in [5, 5.41) is 2.93. The summed E-state index contributed by atoms with van der Waals surface area (Å²) >= 11 is 5.71. The molecule has 1 heterocycles. The van der Waals surface area contributed by atoms with E-state index in [1.165, 1.54) is 12.3 Å². The van der Waals surface area contributed by atoms with Crippen LogP contribution in [0.25, 0.3) is 0 Å². The monoisotopic (exact) mass is 254 g/mol. The lowest BCUT2D eigenvalue weighted by Crippen LogP contribution is -2.19. The van der Waals surface area contributed by atoms with E-state index in [1.54, 1.807) is 7.05 Å². The largest absolute Gasteiger partial charge is 0.467 e. The van der Waals surface area contributed by atoms with Crippen molar-refractivity contribution in [2.45, 2.75) is 12.7 Å². The molecule has 0 spiro atoms. The maximum atomic E-state index is 11.9. The van der Waals surface area contributed by atoms with Crippen LogP contribution in [0.5, 0.6) is 5.88 Å². The Hall–Kier alpha value is -1.01. The Labute approximate surface area is 95.6 Å². The highest BCUT2D eigenvalue weighted by Crippen LogP contribution is 2.24. The number of aromatic nitrogens is 1. The van der Waals surface area contributed by atoms with Gasteiger partial charge in [0.05, 0.1) is 0 Å². The Bertz CT molecular complexity index is 357. The van der Waals surface area contributed by atoms with E-state index < -0.39 is 12.8 Å². The molecule has 0 saturated heterocycles. The molecule has 1 aromatic heterocycles. The van der Waals surface area contributed by atoms with Crippen molar-refractivity contribution in [3.63, 3.8) is 0 Å². The highest BCUT2D eigenvalue weighted by atomic mass is 35.5. The highest BCUT2D eigenvalue weighted by molar-refractivity contribution is 6.31. The van der Waals surface area contributed by atoms with E-state index in [0.29, 0.717) is 6.54 Å². The molecule has 90 valence electrons. The number of halogens is 4. The second-order valence-corrected chi connectivity index (χ2v) is 3.47. The predicted octanol–water partition coefficient (Wildman–Crippen LogP) is 2.40. The van der Waals surface area contributed by atoms with Gasteiger partial charge in [-0.3, -0.25) is 0 Å². The van der Waals surface area contributed by atoms with Crippen LogP contribution in [-0.2, 0) is 6.54 Å². The lowest BCUT2D eigenvalue weighted by atomic mass is 10.3. The number of hydrogen-bond donors (Lipinski definition) is 1. The molecule has 0 atom stereocenters. The van der Waals surface area contributed by atoms with Crippen LogP contribution in [0, 0.1) is 0 Å². The van der Waals surface area contributed by atoms with Crippen molar-refractivity contribution in [2.75, 3.05) is 13.7 Å². The molecule has 0 unspecified atom stereocenters. The first-order chi connectivity index (χ1) is 7.42. The fraction of sp³-hybridized carbons (Fsp3) is 0.444. The van der Waals surface area contributed by atoms with Crippen LogP contribution in [0.3, 0.4) is 0 Å². The molecule has 0 aliphatic heterocycles. The molecule has 1 aromatic rings. The quantitative estimate of drug-likeness (QED) is 0.896. The van der Waals surface area contributed by atoms with E-state index in [-0.39, 0.29) is 10.9 Å². The van der Waals surface area contributed by atoms with E-state index >= 15 is 0 Å². The van der Waals surface area contributed by atoms with Crippen LogP contribution in [0.1, 0.15) is 5.56 Å². The van der Waals surface area contributed by atoms with Gasteiger partial charge in [0.2, 0.25) is 5.88 Å².